The zero-order valence-corrected chi connectivity index (χ0v) is 12.5. The van der Waals surface area contributed by atoms with Crippen molar-refractivity contribution in [3.8, 4) is 0 Å². The van der Waals surface area contributed by atoms with Crippen LogP contribution in [0.3, 0.4) is 0 Å². The van der Waals surface area contributed by atoms with Crippen LogP contribution in [0.2, 0.25) is 5.02 Å². The summed E-state index contributed by atoms with van der Waals surface area (Å²) in [7, 11) is 0. The second-order valence-electron chi connectivity index (χ2n) is 6.66. The zero-order chi connectivity index (χ0) is 13.6. The van der Waals surface area contributed by atoms with Crippen molar-refractivity contribution in [2.45, 2.75) is 52.6 Å². The number of aliphatic hydroxyl groups is 1. The van der Waals surface area contributed by atoms with Crippen LogP contribution in [0.25, 0.3) is 0 Å². The van der Waals surface area contributed by atoms with Crippen molar-refractivity contribution in [3.05, 3.63) is 34.3 Å². The molecule has 1 aliphatic carbocycles. The molecule has 100 valence electrons. The molecule has 1 nitrogen and oxygen atoms in total. The fourth-order valence-corrected chi connectivity index (χ4v) is 3.35. The average molecular weight is 267 g/mol. The van der Waals surface area contributed by atoms with E-state index in [9.17, 15) is 5.11 Å². The number of halogens is 1. The van der Waals surface area contributed by atoms with Crippen molar-refractivity contribution in [3.63, 3.8) is 0 Å². The van der Waals surface area contributed by atoms with Gasteiger partial charge in [0.2, 0.25) is 0 Å². The topological polar surface area (TPSA) is 20.2 Å². The van der Waals surface area contributed by atoms with Crippen molar-refractivity contribution in [1.82, 2.24) is 0 Å². The van der Waals surface area contributed by atoms with Crippen LogP contribution in [0.1, 0.15) is 51.2 Å². The molecular formula is C16H23ClO. The Morgan fingerprint density at radius 3 is 2.50 bits per heavy atom. The first-order valence-corrected chi connectivity index (χ1v) is 7.11. The predicted molar refractivity (Wildman–Crippen MR) is 76.9 cm³/mol. The molecule has 0 bridgehead atoms. The van der Waals surface area contributed by atoms with E-state index in [1.807, 2.05) is 25.1 Å². The van der Waals surface area contributed by atoms with Gasteiger partial charge in [-0.05, 0) is 54.7 Å². The van der Waals surface area contributed by atoms with Gasteiger partial charge in [0.25, 0.3) is 0 Å². The molecular weight excluding hydrogens is 244 g/mol. The Balaban J connectivity index is 2.34. The first-order chi connectivity index (χ1) is 8.24. The van der Waals surface area contributed by atoms with Crippen molar-refractivity contribution in [2.75, 3.05) is 0 Å². The number of aryl methyl sites for hydroxylation is 1. The van der Waals surface area contributed by atoms with Crippen LogP contribution in [0.5, 0.6) is 0 Å². The van der Waals surface area contributed by atoms with Crippen molar-refractivity contribution in [2.24, 2.45) is 11.3 Å². The maximum absolute atomic E-state index is 11.0. The standard InChI is InChI=1S/C16H23ClO/c1-11-5-6-13(9-14(11)17)16(18)8-7-15(3,4)10-12(16)2/h5-6,9,12,18H,7-8,10H2,1-4H3. The van der Waals surface area contributed by atoms with E-state index in [0.717, 1.165) is 35.4 Å². The summed E-state index contributed by atoms with van der Waals surface area (Å²) < 4.78 is 0. The van der Waals surface area contributed by atoms with Crippen molar-refractivity contribution < 1.29 is 5.11 Å². The van der Waals surface area contributed by atoms with E-state index in [2.05, 4.69) is 20.8 Å². The van der Waals surface area contributed by atoms with Crippen LogP contribution in [-0.4, -0.2) is 5.11 Å². The number of hydrogen-bond donors (Lipinski definition) is 1. The maximum Gasteiger partial charge on any atom is 0.0922 e. The van der Waals surface area contributed by atoms with E-state index in [4.69, 9.17) is 11.6 Å². The quantitative estimate of drug-likeness (QED) is 0.782. The fraction of sp³-hybridized carbons (Fsp3) is 0.625. The molecule has 0 aliphatic heterocycles. The lowest BCUT2D eigenvalue weighted by molar-refractivity contribution is -0.0769. The molecule has 0 saturated heterocycles. The van der Waals surface area contributed by atoms with E-state index in [-0.39, 0.29) is 5.92 Å². The molecule has 0 aromatic heterocycles. The second-order valence-corrected chi connectivity index (χ2v) is 7.06. The molecule has 2 rings (SSSR count). The average Bonchev–Trinajstić information content (AvgIpc) is 2.27. The Morgan fingerprint density at radius 2 is 1.94 bits per heavy atom. The van der Waals surface area contributed by atoms with Gasteiger partial charge < -0.3 is 5.11 Å². The Labute approximate surface area is 115 Å². The Bertz CT molecular complexity index is 452. The molecule has 0 radical (unpaired) electrons. The molecule has 0 spiro atoms. The Morgan fingerprint density at radius 1 is 1.28 bits per heavy atom. The number of benzene rings is 1. The van der Waals surface area contributed by atoms with Gasteiger partial charge in [-0.25, -0.2) is 0 Å². The largest absolute Gasteiger partial charge is 0.385 e. The van der Waals surface area contributed by atoms with Crippen LogP contribution >= 0.6 is 11.6 Å². The van der Waals surface area contributed by atoms with E-state index < -0.39 is 5.60 Å². The molecule has 1 fully saturated rings. The van der Waals surface area contributed by atoms with Gasteiger partial charge in [-0.1, -0.05) is 44.5 Å². The summed E-state index contributed by atoms with van der Waals surface area (Å²) in [6, 6.07) is 5.96. The van der Waals surface area contributed by atoms with Crippen LogP contribution in [-0.2, 0) is 5.60 Å². The van der Waals surface area contributed by atoms with Gasteiger partial charge in [0.1, 0.15) is 0 Å². The van der Waals surface area contributed by atoms with E-state index in [1.165, 1.54) is 0 Å². The molecule has 0 amide bonds. The van der Waals surface area contributed by atoms with Gasteiger partial charge in [0, 0.05) is 5.02 Å². The number of hydrogen-bond acceptors (Lipinski definition) is 1. The molecule has 0 heterocycles. The lowest BCUT2D eigenvalue weighted by Gasteiger charge is -2.45. The normalized spacial score (nSPS) is 31.3. The van der Waals surface area contributed by atoms with Crippen LogP contribution in [0.15, 0.2) is 18.2 Å². The first-order valence-electron chi connectivity index (χ1n) is 6.74. The van der Waals surface area contributed by atoms with Gasteiger partial charge in [0.15, 0.2) is 0 Å². The second kappa shape index (κ2) is 4.54. The Hall–Kier alpha value is -0.530. The molecule has 1 N–H and O–H groups in total. The van der Waals surface area contributed by atoms with E-state index in [1.54, 1.807) is 0 Å². The SMILES string of the molecule is Cc1ccc(C2(O)CCC(C)(C)CC2C)cc1Cl. The molecule has 2 atom stereocenters. The number of rotatable bonds is 1. The predicted octanol–water partition coefficient (Wildman–Crippen LogP) is 4.68. The van der Waals surface area contributed by atoms with Crippen molar-refractivity contribution >= 4 is 11.6 Å². The molecule has 1 aliphatic rings. The summed E-state index contributed by atoms with van der Waals surface area (Å²) in [6.45, 7) is 8.70. The minimum atomic E-state index is -0.715. The van der Waals surface area contributed by atoms with Gasteiger partial charge in [-0.15, -0.1) is 0 Å². The molecule has 1 aromatic rings. The van der Waals surface area contributed by atoms with E-state index in [0.29, 0.717) is 5.41 Å². The molecule has 18 heavy (non-hydrogen) atoms. The van der Waals surface area contributed by atoms with Crippen LogP contribution in [0.4, 0.5) is 0 Å². The highest BCUT2D eigenvalue weighted by atomic mass is 35.5. The molecule has 1 aromatic carbocycles. The lowest BCUT2D eigenvalue weighted by Crippen LogP contribution is -2.41. The summed E-state index contributed by atoms with van der Waals surface area (Å²) in [5, 5.41) is 11.7. The third-order valence-corrected chi connectivity index (χ3v) is 4.94. The summed E-state index contributed by atoms with van der Waals surface area (Å²) in [6.07, 6.45) is 2.93. The lowest BCUT2D eigenvalue weighted by atomic mass is 9.63. The molecule has 1 saturated carbocycles. The molecule has 2 unspecified atom stereocenters. The Kier molecular flexibility index (Phi) is 3.50. The zero-order valence-electron chi connectivity index (χ0n) is 11.8. The fourth-order valence-electron chi connectivity index (χ4n) is 3.17. The van der Waals surface area contributed by atoms with Crippen LogP contribution in [0, 0.1) is 18.3 Å². The molecule has 2 heteroatoms. The third kappa shape index (κ3) is 2.44. The minimum Gasteiger partial charge on any atom is -0.385 e. The monoisotopic (exact) mass is 266 g/mol. The summed E-state index contributed by atoms with van der Waals surface area (Å²) in [4.78, 5) is 0. The smallest absolute Gasteiger partial charge is 0.0922 e. The highest BCUT2D eigenvalue weighted by molar-refractivity contribution is 6.31. The highest BCUT2D eigenvalue weighted by Gasteiger charge is 2.43. The minimum absolute atomic E-state index is 0.264. The highest BCUT2D eigenvalue weighted by Crippen LogP contribution is 2.49. The summed E-state index contributed by atoms with van der Waals surface area (Å²) >= 11 is 6.19. The maximum atomic E-state index is 11.0. The van der Waals surface area contributed by atoms with Crippen LogP contribution < -0.4 is 0 Å². The summed E-state index contributed by atoms with van der Waals surface area (Å²) in [5.74, 6) is 0.264. The van der Waals surface area contributed by atoms with Gasteiger partial charge in [-0.3, -0.25) is 0 Å². The van der Waals surface area contributed by atoms with Crippen molar-refractivity contribution in [1.29, 1.82) is 0 Å². The van der Waals surface area contributed by atoms with Gasteiger partial charge >= 0.3 is 0 Å². The first kappa shape index (κ1) is 13.9. The third-order valence-electron chi connectivity index (χ3n) is 4.53. The summed E-state index contributed by atoms with van der Waals surface area (Å²) in [5.41, 5.74) is 1.65. The van der Waals surface area contributed by atoms with Gasteiger partial charge in [0.05, 0.1) is 5.60 Å². The van der Waals surface area contributed by atoms with E-state index >= 15 is 0 Å². The van der Waals surface area contributed by atoms with Gasteiger partial charge in [-0.2, -0.15) is 0 Å².